The molecule has 1 aliphatic heterocycles. The van der Waals surface area contributed by atoms with Crippen molar-refractivity contribution in [2.75, 3.05) is 5.32 Å². The van der Waals surface area contributed by atoms with E-state index in [4.69, 9.17) is 46.4 Å². The van der Waals surface area contributed by atoms with Crippen LogP contribution in [0.4, 0.5) is 18.9 Å². The second-order valence-electron chi connectivity index (χ2n) is 7.72. The fourth-order valence-corrected chi connectivity index (χ4v) is 4.86. The van der Waals surface area contributed by atoms with Gasteiger partial charge in [0.15, 0.2) is 0 Å². The van der Waals surface area contributed by atoms with E-state index in [1.807, 2.05) is 0 Å². The first kappa shape index (κ1) is 26.3. The van der Waals surface area contributed by atoms with Crippen molar-refractivity contribution in [2.24, 2.45) is 0 Å². The Labute approximate surface area is 222 Å². The molecule has 1 atom stereocenters. The van der Waals surface area contributed by atoms with Gasteiger partial charge in [0, 0.05) is 6.42 Å². The van der Waals surface area contributed by atoms with Crippen LogP contribution in [0.15, 0.2) is 54.6 Å². The molecule has 0 saturated heterocycles. The first-order valence-electron chi connectivity index (χ1n) is 10.2. The number of carbonyl (C=O) groups is 3. The molecule has 1 N–H and O–H groups in total. The monoisotopic (exact) mass is 574 g/mol. The van der Waals surface area contributed by atoms with E-state index in [-0.39, 0.29) is 37.6 Å². The lowest BCUT2D eigenvalue weighted by atomic mass is 10.0. The number of amides is 3. The van der Waals surface area contributed by atoms with Gasteiger partial charge >= 0.3 is 6.18 Å². The maximum atomic E-state index is 13.5. The molecule has 3 aromatic rings. The number of carbonyl (C=O) groups excluding carboxylic acids is 3. The molecule has 0 aliphatic carbocycles. The van der Waals surface area contributed by atoms with Crippen LogP contribution in [0.5, 0.6) is 0 Å². The van der Waals surface area contributed by atoms with E-state index in [1.165, 1.54) is 12.1 Å². The van der Waals surface area contributed by atoms with Crippen molar-refractivity contribution in [3.63, 3.8) is 0 Å². The number of rotatable bonds is 5. The number of para-hydroxylation sites is 1. The van der Waals surface area contributed by atoms with E-state index < -0.39 is 41.2 Å². The lowest BCUT2D eigenvalue weighted by molar-refractivity contribution is -0.137. The van der Waals surface area contributed by atoms with Crippen LogP contribution in [-0.4, -0.2) is 28.7 Å². The van der Waals surface area contributed by atoms with Gasteiger partial charge in [-0.1, -0.05) is 88.9 Å². The van der Waals surface area contributed by atoms with Crippen molar-refractivity contribution in [2.45, 2.75) is 18.6 Å². The summed E-state index contributed by atoms with van der Waals surface area (Å²) in [4.78, 5) is 40.7. The quantitative estimate of drug-likeness (QED) is 0.199. The minimum Gasteiger partial charge on any atom is -0.324 e. The number of nitrogens with zero attached hydrogens (tertiary/aromatic N) is 1. The Kier molecular flexibility index (Phi) is 7.26. The molecule has 36 heavy (non-hydrogen) atoms. The van der Waals surface area contributed by atoms with Crippen molar-refractivity contribution in [1.82, 2.24) is 4.90 Å². The molecular weight excluding hydrogens is 563 g/mol. The van der Waals surface area contributed by atoms with Gasteiger partial charge in [-0.25, -0.2) is 0 Å². The Morgan fingerprint density at radius 2 is 1.31 bits per heavy atom. The van der Waals surface area contributed by atoms with Gasteiger partial charge in [0.1, 0.15) is 6.04 Å². The summed E-state index contributed by atoms with van der Waals surface area (Å²) < 4.78 is 40.5. The van der Waals surface area contributed by atoms with Crippen molar-refractivity contribution in [1.29, 1.82) is 0 Å². The molecule has 0 aromatic heterocycles. The highest BCUT2D eigenvalue weighted by Gasteiger charge is 2.47. The number of benzene rings is 3. The Balaban J connectivity index is 1.79. The minimum absolute atomic E-state index is 0.205. The number of fused-ring (bicyclic) bond motifs is 1. The number of imide groups is 1. The number of hydrogen-bond acceptors (Lipinski definition) is 3. The minimum atomic E-state index is -4.76. The first-order valence-corrected chi connectivity index (χ1v) is 11.7. The highest BCUT2D eigenvalue weighted by atomic mass is 35.5. The van der Waals surface area contributed by atoms with Gasteiger partial charge in [-0.2, -0.15) is 13.2 Å². The summed E-state index contributed by atoms with van der Waals surface area (Å²) in [5.41, 5.74) is -1.78. The van der Waals surface area contributed by atoms with E-state index >= 15 is 0 Å². The van der Waals surface area contributed by atoms with E-state index in [0.29, 0.717) is 10.5 Å². The van der Waals surface area contributed by atoms with Crippen LogP contribution in [0, 0.1) is 0 Å². The van der Waals surface area contributed by atoms with Gasteiger partial charge in [-0.15, -0.1) is 0 Å². The third-order valence-corrected chi connectivity index (χ3v) is 7.31. The van der Waals surface area contributed by atoms with Crippen molar-refractivity contribution in [3.05, 3.63) is 96.9 Å². The summed E-state index contributed by atoms with van der Waals surface area (Å²) in [6.45, 7) is 0. The second kappa shape index (κ2) is 9.94. The largest absolute Gasteiger partial charge is 0.418 e. The maximum absolute atomic E-state index is 13.5. The number of halogens is 7. The Morgan fingerprint density at radius 1 is 0.806 bits per heavy atom. The predicted molar refractivity (Wildman–Crippen MR) is 131 cm³/mol. The van der Waals surface area contributed by atoms with Crippen LogP contribution >= 0.6 is 46.4 Å². The van der Waals surface area contributed by atoms with Crippen LogP contribution in [0.25, 0.3) is 0 Å². The van der Waals surface area contributed by atoms with E-state index in [1.54, 1.807) is 30.3 Å². The number of anilines is 1. The van der Waals surface area contributed by atoms with Crippen LogP contribution in [0.1, 0.15) is 31.8 Å². The molecule has 3 aromatic carbocycles. The van der Waals surface area contributed by atoms with E-state index in [9.17, 15) is 27.6 Å². The smallest absolute Gasteiger partial charge is 0.324 e. The molecular formula is C24H13Cl4F3N2O3. The van der Waals surface area contributed by atoms with Gasteiger partial charge in [0.2, 0.25) is 5.91 Å². The molecule has 0 spiro atoms. The van der Waals surface area contributed by atoms with Crippen molar-refractivity contribution < 1.29 is 27.6 Å². The number of alkyl halides is 3. The van der Waals surface area contributed by atoms with Crippen molar-refractivity contribution in [3.8, 4) is 0 Å². The molecule has 0 bridgehead atoms. The predicted octanol–water partition coefficient (Wildman–Crippen LogP) is 7.17. The van der Waals surface area contributed by atoms with Gasteiger partial charge in [0.25, 0.3) is 11.8 Å². The van der Waals surface area contributed by atoms with Crippen LogP contribution < -0.4 is 5.32 Å². The molecule has 4 rings (SSSR count). The zero-order chi connectivity index (χ0) is 26.4. The highest BCUT2D eigenvalue weighted by Crippen LogP contribution is 2.45. The normalized spacial score (nSPS) is 14.1. The molecule has 1 heterocycles. The van der Waals surface area contributed by atoms with Gasteiger partial charge < -0.3 is 5.32 Å². The first-order chi connectivity index (χ1) is 16.9. The molecule has 1 aliphatic rings. The average Bonchev–Trinajstić information content (AvgIpc) is 3.10. The fraction of sp³-hybridized carbons (Fsp3) is 0.125. The highest BCUT2D eigenvalue weighted by molar-refractivity contribution is 6.55. The number of hydrogen-bond donors (Lipinski definition) is 1. The van der Waals surface area contributed by atoms with E-state index in [2.05, 4.69) is 5.32 Å². The SMILES string of the molecule is O=C(Nc1ccccc1C(F)(F)F)C(Cc1ccccc1)N1C(=O)c2c(Cl)c(Cl)c(Cl)c(Cl)c2C1=O. The summed E-state index contributed by atoms with van der Waals surface area (Å²) in [5.74, 6) is -3.00. The second-order valence-corrected chi connectivity index (χ2v) is 9.24. The van der Waals surface area contributed by atoms with Crippen LogP contribution in [-0.2, 0) is 17.4 Å². The topological polar surface area (TPSA) is 66.5 Å². The molecule has 1 unspecified atom stereocenters. The number of nitrogens with one attached hydrogen (secondary N) is 1. The summed E-state index contributed by atoms with van der Waals surface area (Å²) in [7, 11) is 0. The molecule has 186 valence electrons. The van der Waals surface area contributed by atoms with Crippen LogP contribution in [0.3, 0.4) is 0 Å². The third-order valence-electron chi connectivity index (χ3n) is 5.51. The lowest BCUT2D eigenvalue weighted by Gasteiger charge is -2.26. The summed E-state index contributed by atoms with van der Waals surface area (Å²) >= 11 is 24.5. The van der Waals surface area contributed by atoms with Gasteiger partial charge in [-0.05, 0) is 17.7 Å². The zero-order valence-electron chi connectivity index (χ0n) is 17.8. The lowest BCUT2D eigenvalue weighted by Crippen LogP contribution is -2.48. The van der Waals surface area contributed by atoms with Crippen LogP contribution in [0.2, 0.25) is 20.1 Å². The van der Waals surface area contributed by atoms with Gasteiger partial charge in [-0.3, -0.25) is 19.3 Å². The Hall–Kier alpha value is -2.78. The zero-order valence-corrected chi connectivity index (χ0v) is 20.8. The molecule has 0 radical (unpaired) electrons. The molecule has 12 heteroatoms. The third kappa shape index (κ3) is 4.66. The summed E-state index contributed by atoms with van der Waals surface area (Å²) in [5, 5.41) is 1.04. The fourth-order valence-electron chi connectivity index (χ4n) is 3.84. The maximum Gasteiger partial charge on any atom is 0.418 e. The average molecular weight is 576 g/mol. The molecule has 5 nitrogen and oxygen atoms in total. The Morgan fingerprint density at radius 3 is 1.83 bits per heavy atom. The summed E-state index contributed by atoms with van der Waals surface area (Å²) in [6, 6.07) is 11.1. The van der Waals surface area contributed by atoms with Gasteiger partial charge in [0.05, 0.1) is 42.5 Å². The molecule has 0 fully saturated rings. The molecule has 3 amide bonds. The van der Waals surface area contributed by atoms with Crippen molar-refractivity contribution >= 4 is 69.8 Å². The molecule has 0 saturated carbocycles. The summed E-state index contributed by atoms with van der Waals surface area (Å²) in [6.07, 6.45) is -4.97. The standard InChI is InChI=1S/C24H13Cl4F3N2O3/c25-17-15-16(18(26)20(28)19(17)27)23(36)33(22(15)35)14(10-11-6-2-1-3-7-11)21(34)32-13-9-5-4-8-12(13)24(29,30)31/h1-9,14H,10H2,(H,32,34). The Bertz CT molecular complexity index is 1350. The van der Waals surface area contributed by atoms with E-state index in [0.717, 1.165) is 12.1 Å².